The Labute approximate surface area is 329 Å². The second kappa shape index (κ2) is 14.1. The number of rotatable bonds is 10. The fourth-order valence-electron chi connectivity index (χ4n) is 13.4. The molecule has 0 saturated heterocycles. The van der Waals surface area contributed by atoms with Crippen molar-refractivity contribution in [3.63, 3.8) is 0 Å². The van der Waals surface area contributed by atoms with Gasteiger partial charge in [0.2, 0.25) is 5.91 Å². The monoisotopic (exact) mass is 763 g/mol. The molecule has 0 bridgehead atoms. The summed E-state index contributed by atoms with van der Waals surface area (Å²) in [5, 5.41) is 10.3. The number of carbonyl (C=O) groups excluding carboxylic acids is 3. The van der Waals surface area contributed by atoms with Gasteiger partial charge in [0.1, 0.15) is 6.10 Å². The van der Waals surface area contributed by atoms with Gasteiger partial charge in [-0.25, -0.2) is 0 Å². The maximum atomic E-state index is 14.2. The second-order valence-corrected chi connectivity index (χ2v) is 20.9. The predicted octanol–water partition coefficient (Wildman–Crippen LogP) is 10.1. The average Bonchev–Trinajstić information content (AvgIpc) is 3.37. The number of aliphatic carboxylic acids is 1. The Morgan fingerprint density at radius 1 is 0.926 bits per heavy atom. The van der Waals surface area contributed by atoms with Gasteiger partial charge in [-0.05, 0) is 135 Å². The molecule has 298 valence electrons. The van der Waals surface area contributed by atoms with Crippen molar-refractivity contribution in [2.24, 2.45) is 56.2 Å². The summed E-state index contributed by atoms with van der Waals surface area (Å²) >= 11 is 6.15. The molecule has 0 aromatic heterocycles. The van der Waals surface area contributed by atoms with Crippen LogP contribution in [-0.2, 0) is 30.3 Å². The summed E-state index contributed by atoms with van der Waals surface area (Å²) in [5.74, 6) is 0.231. The lowest BCUT2D eigenvalue weighted by Gasteiger charge is -2.72. The van der Waals surface area contributed by atoms with Gasteiger partial charge < -0.3 is 14.7 Å². The second-order valence-electron chi connectivity index (χ2n) is 20.5. The molecule has 5 aliphatic carbocycles. The highest BCUT2D eigenvalue weighted by Gasteiger charge is 2.70. The molecule has 4 fully saturated rings. The highest BCUT2D eigenvalue weighted by Crippen LogP contribution is 2.76. The summed E-state index contributed by atoms with van der Waals surface area (Å²) in [7, 11) is 0. The van der Waals surface area contributed by atoms with E-state index in [-0.39, 0.29) is 57.2 Å². The molecule has 1 aromatic carbocycles. The minimum atomic E-state index is -1.17. The number of halogens is 1. The molecule has 8 atom stereocenters. The van der Waals surface area contributed by atoms with Crippen LogP contribution in [-0.4, -0.2) is 52.8 Å². The fraction of sp³-hybridized carbons (Fsp3) is 0.739. The number of Topliss-reactive ketones (excluding diaryl/α,β-unsaturated/α-hetero) is 1. The molecule has 0 heterocycles. The van der Waals surface area contributed by atoms with Crippen molar-refractivity contribution in [3.8, 4) is 0 Å². The van der Waals surface area contributed by atoms with Gasteiger partial charge in [0.05, 0.1) is 11.8 Å². The van der Waals surface area contributed by atoms with Gasteiger partial charge in [-0.2, -0.15) is 0 Å². The van der Waals surface area contributed by atoms with Crippen molar-refractivity contribution in [1.82, 2.24) is 4.90 Å². The van der Waals surface area contributed by atoms with Gasteiger partial charge in [-0.1, -0.05) is 77.8 Å². The largest absolute Gasteiger partial charge is 0.481 e. The normalized spacial score (nSPS) is 35.8. The number of hydrogen-bond donors (Lipinski definition) is 1. The predicted molar refractivity (Wildman–Crippen MR) is 213 cm³/mol. The third-order valence-corrected chi connectivity index (χ3v) is 16.7. The molecular weight excluding hydrogens is 698 g/mol. The van der Waals surface area contributed by atoms with Gasteiger partial charge in [-0.3, -0.25) is 19.2 Å². The maximum Gasteiger partial charge on any atom is 0.309 e. The van der Waals surface area contributed by atoms with Gasteiger partial charge in [0, 0.05) is 42.3 Å². The van der Waals surface area contributed by atoms with Crippen LogP contribution < -0.4 is 0 Å². The Hall–Kier alpha value is -2.67. The highest BCUT2D eigenvalue weighted by atomic mass is 35.5. The Morgan fingerprint density at radius 2 is 1.59 bits per heavy atom. The SMILES string of the molecule is CC(=O)N(CCc1ccc(Cl)cc1)C[C@@]12CC[C@]3(C)[C@H](CC[C@@H]4[C@@]5(C)CC[C@H](OC(=O)CC(C)(C)C(=O)O)C(C)(C)[C@@H]5CC[C@]43C)C1=C(C(C)C)C(=O)C2. The molecule has 0 spiro atoms. The Balaban J connectivity index is 1.28. The van der Waals surface area contributed by atoms with E-state index < -0.39 is 17.4 Å². The van der Waals surface area contributed by atoms with Crippen LogP contribution in [0.15, 0.2) is 35.4 Å². The van der Waals surface area contributed by atoms with Crippen LogP contribution in [0, 0.1) is 56.2 Å². The third-order valence-electron chi connectivity index (χ3n) is 16.5. The molecular formula is C46H66ClNO6. The molecule has 8 heteroatoms. The molecule has 1 N–H and O–H groups in total. The number of nitrogens with zero attached hydrogens (tertiary/aromatic N) is 1. The van der Waals surface area contributed by atoms with E-state index in [4.69, 9.17) is 16.3 Å². The van der Waals surface area contributed by atoms with E-state index in [9.17, 15) is 24.3 Å². The lowest BCUT2D eigenvalue weighted by molar-refractivity contribution is -0.233. The number of benzene rings is 1. The van der Waals surface area contributed by atoms with E-state index in [2.05, 4.69) is 48.5 Å². The topological polar surface area (TPSA) is 101 Å². The highest BCUT2D eigenvalue weighted by molar-refractivity contribution is 6.30. The third kappa shape index (κ3) is 6.58. The van der Waals surface area contributed by atoms with Crippen LogP contribution >= 0.6 is 11.6 Å². The van der Waals surface area contributed by atoms with Gasteiger partial charge in [0.15, 0.2) is 5.78 Å². The Bertz CT molecular complexity index is 1710. The number of fused-ring (bicyclic) bond motifs is 7. The van der Waals surface area contributed by atoms with Gasteiger partial charge >= 0.3 is 11.9 Å². The van der Waals surface area contributed by atoms with Crippen molar-refractivity contribution < 1.29 is 29.0 Å². The van der Waals surface area contributed by atoms with Crippen LogP contribution in [0.25, 0.3) is 0 Å². The zero-order chi connectivity index (χ0) is 39.8. The number of hydrogen-bond acceptors (Lipinski definition) is 5. The number of ketones is 1. The first-order chi connectivity index (χ1) is 25.0. The molecule has 5 aliphatic rings. The fourth-order valence-corrected chi connectivity index (χ4v) is 13.5. The van der Waals surface area contributed by atoms with Crippen LogP contribution in [0.1, 0.15) is 139 Å². The van der Waals surface area contributed by atoms with E-state index >= 15 is 0 Å². The molecule has 6 rings (SSSR count). The molecule has 1 amide bonds. The summed E-state index contributed by atoms with van der Waals surface area (Å²) in [6.07, 6.45) is 8.88. The summed E-state index contributed by atoms with van der Waals surface area (Å²) in [6.45, 7) is 22.6. The molecule has 0 unspecified atom stereocenters. The molecule has 4 saturated carbocycles. The zero-order valence-corrected chi connectivity index (χ0v) is 35.5. The van der Waals surface area contributed by atoms with Crippen LogP contribution in [0.5, 0.6) is 0 Å². The minimum absolute atomic E-state index is 0.00766. The lowest BCUT2D eigenvalue weighted by Crippen LogP contribution is -2.66. The molecule has 1 aromatic rings. The van der Waals surface area contributed by atoms with Crippen LogP contribution in [0.3, 0.4) is 0 Å². The number of carboxylic acids is 1. The van der Waals surface area contributed by atoms with Crippen molar-refractivity contribution in [3.05, 3.63) is 46.0 Å². The molecule has 0 radical (unpaired) electrons. The lowest BCUT2D eigenvalue weighted by atomic mass is 9.33. The van der Waals surface area contributed by atoms with E-state index in [1.54, 1.807) is 20.8 Å². The Kier molecular flexibility index (Phi) is 10.7. The van der Waals surface area contributed by atoms with Gasteiger partial charge in [-0.15, -0.1) is 0 Å². The quantitative estimate of drug-likeness (QED) is 0.238. The van der Waals surface area contributed by atoms with Crippen molar-refractivity contribution in [2.45, 2.75) is 146 Å². The summed E-state index contributed by atoms with van der Waals surface area (Å²) in [6, 6.07) is 7.87. The van der Waals surface area contributed by atoms with Crippen molar-refractivity contribution >= 4 is 35.2 Å². The van der Waals surface area contributed by atoms with Crippen LogP contribution in [0.4, 0.5) is 0 Å². The van der Waals surface area contributed by atoms with Crippen molar-refractivity contribution in [2.75, 3.05) is 13.1 Å². The molecule has 54 heavy (non-hydrogen) atoms. The number of carboxylic acid groups (broad SMARTS) is 1. The number of allylic oxidation sites excluding steroid dienone is 1. The smallest absolute Gasteiger partial charge is 0.309 e. The summed E-state index contributed by atoms with van der Waals surface area (Å²) in [4.78, 5) is 54.4. The summed E-state index contributed by atoms with van der Waals surface area (Å²) < 4.78 is 6.18. The number of esters is 1. The average molecular weight is 764 g/mol. The summed E-state index contributed by atoms with van der Waals surface area (Å²) in [5.41, 5.74) is 1.98. The molecule has 0 aliphatic heterocycles. The standard InChI is InChI=1S/C46H66ClNO6/c1-28(2)38-33(50)25-46(27-48(29(3)49)24-19-30-11-13-31(47)14-12-30)23-22-44(9)32(39(38)46)15-16-35-43(8)20-18-36(54-37(51)26-41(4,5)40(52)53)42(6,7)34(43)17-21-45(35,44)10/h11-14,28,32,34-36H,15-27H2,1-10H3,(H,52,53)/t32-,34+,35-,36+,43+,44-,45-,46+/m1/s1. The zero-order valence-electron chi connectivity index (χ0n) is 34.7. The number of ether oxygens (including phenoxy) is 1. The van der Waals surface area contributed by atoms with E-state index in [1.807, 2.05) is 29.2 Å². The first-order valence-corrected chi connectivity index (χ1v) is 21.1. The Morgan fingerprint density at radius 3 is 2.20 bits per heavy atom. The number of carbonyl (C=O) groups is 4. The van der Waals surface area contributed by atoms with Gasteiger partial charge in [0.25, 0.3) is 0 Å². The van der Waals surface area contributed by atoms with E-state index in [0.717, 1.165) is 68.9 Å². The maximum absolute atomic E-state index is 14.2. The minimum Gasteiger partial charge on any atom is -0.481 e. The first kappa shape index (κ1) is 41.0. The van der Waals surface area contributed by atoms with Crippen molar-refractivity contribution in [1.29, 1.82) is 0 Å². The first-order valence-electron chi connectivity index (χ1n) is 20.7. The number of amides is 1. The van der Waals surface area contributed by atoms with Crippen LogP contribution in [0.2, 0.25) is 5.02 Å². The van der Waals surface area contributed by atoms with E-state index in [1.165, 1.54) is 5.57 Å². The van der Waals surface area contributed by atoms with E-state index in [0.29, 0.717) is 42.3 Å². The molecule has 7 nitrogen and oxygen atoms in total.